The maximum Gasteiger partial charge on any atom is 0.247 e. The normalized spacial score (nSPS) is 11.6. The van der Waals surface area contributed by atoms with E-state index in [1.165, 1.54) is 0 Å². The molecule has 6 heteroatoms. The summed E-state index contributed by atoms with van der Waals surface area (Å²) < 4.78 is 10.4. The first-order chi connectivity index (χ1) is 12.9. The smallest absolute Gasteiger partial charge is 0.247 e. The van der Waals surface area contributed by atoms with Gasteiger partial charge in [-0.2, -0.15) is 0 Å². The average Bonchev–Trinajstić information content (AvgIpc) is 2.66. The van der Waals surface area contributed by atoms with E-state index in [1.807, 2.05) is 44.2 Å². The van der Waals surface area contributed by atoms with Crippen molar-refractivity contribution in [2.24, 2.45) is 5.92 Å². The van der Waals surface area contributed by atoms with Crippen LogP contribution in [0.1, 0.15) is 19.4 Å². The fourth-order valence-electron chi connectivity index (χ4n) is 2.64. The Morgan fingerprint density at radius 1 is 0.963 bits per heavy atom. The first-order valence-electron chi connectivity index (χ1n) is 8.80. The van der Waals surface area contributed by atoms with Crippen LogP contribution in [0.25, 0.3) is 0 Å². The molecule has 0 aliphatic carbocycles. The molecule has 1 atom stereocenters. The highest BCUT2D eigenvalue weighted by Gasteiger charge is 2.24. The molecule has 2 rings (SSSR count). The Hall–Kier alpha value is -3.02. The topological polar surface area (TPSA) is 76.7 Å². The van der Waals surface area contributed by atoms with Gasteiger partial charge in [0.1, 0.15) is 17.5 Å². The van der Waals surface area contributed by atoms with E-state index in [4.69, 9.17) is 9.47 Å². The van der Waals surface area contributed by atoms with Crippen molar-refractivity contribution in [2.45, 2.75) is 26.3 Å². The van der Waals surface area contributed by atoms with Gasteiger partial charge >= 0.3 is 0 Å². The number of hydrogen-bond donors (Lipinski definition) is 2. The van der Waals surface area contributed by atoms with Crippen molar-refractivity contribution in [3.63, 3.8) is 0 Å². The largest absolute Gasteiger partial charge is 0.497 e. The predicted octanol–water partition coefficient (Wildman–Crippen LogP) is 3.03. The summed E-state index contributed by atoms with van der Waals surface area (Å²) in [7, 11) is 3.09. The third-order valence-electron chi connectivity index (χ3n) is 4.09. The fraction of sp³-hybridized carbons (Fsp3) is 0.333. The van der Waals surface area contributed by atoms with Crippen LogP contribution in [-0.2, 0) is 16.0 Å². The van der Waals surface area contributed by atoms with Crippen LogP contribution in [0.5, 0.6) is 11.5 Å². The number of rotatable bonds is 8. The molecule has 2 aromatic carbocycles. The molecule has 0 aliphatic rings. The van der Waals surface area contributed by atoms with E-state index < -0.39 is 6.04 Å². The Labute approximate surface area is 159 Å². The number of hydrogen-bond acceptors (Lipinski definition) is 4. The van der Waals surface area contributed by atoms with Crippen molar-refractivity contribution in [2.75, 3.05) is 19.5 Å². The minimum atomic E-state index is -0.654. The first kappa shape index (κ1) is 20.3. The van der Waals surface area contributed by atoms with Crippen LogP contribution < -0.4 is 20.1 Å². The van der Waals surface area contributed by atoms with Crippen LogP contribution in [0.4, 0.5) is 5.69 Å². The Balaban J connectivity index is 2.07. The van der Waals surface area contributed by atoms with Crippen molar-refractivity contribution in [3.8, 4) is 11.5 Å². The minimum absolute atomic E-state index is 0.0720. The summed E-state index contributed by atoms with van der Waals surface area (Å²) in [4.78, 5) is 25.1. The number of nitrogens with one attached hydrogen (secondary N) is 2. The second-order valence-corrected chi connectivity index (χ2v) is 6.54. The summed E-state index contributed by atoms with van der Waals surface area (Å²) >= 11 is 0. The lowest BCUT2D eigenvalue weighted by atomic mass is 10.0. The molecule has 2 amide bonds. The molecule has 0 aromatic heterocycles. The van der Waals surface area contributed by atoms with Gasteiger partial charge in [0.15, 0.2) is 0 Å². The van der Waals surface area contributed by atoms with Crippen molar-refractivity contribution in [1.82, 2.24) is 5.32 Å². The number of ether oxygens (including phenoxy) is 2. The van der Waals surface area contributed by atoms with Gasteiger partial charge in [-0.1, -0.05) is 44.2 Å². The molecule has 2 aromatic rings. The molecule has 0 aliphatic heterocycles. The van der Waals surface area contributed by atoms with E-state index >= 15 is 0 Å². The molecule has 0 fully saturated rings. The van der Waals surface area contributed by atoms with Gasteiger partial charge in [0.2, 0.25) is 11.8 Å². The summed E-state index contributed by atoms with van der Waals surface area (Å²) in [6.07, 6.45) is 0.227. The lowest BCUT2D eigenvalue weighted by Crippen LogP contribution is -2.47. The number of benzene rings is 2. The monoisotopic (exact) mass is 370 g/mol. The molecule has 0 saturated carbocycles. The second-order valence-electron chi connectivity index (χ2n) is 6.54. The van der Waals surface area contributed by atoms with Crippen LogP contribution in [-0.4, -0.2) is 32.1 Å². The highest BCUT2D eigenvalue weighted by Crippen LogP contribution is 2.26. The molecular weight excluding hydrogens is 344 g/mol. The number of carbonyl (C=O) groups excluding carboxylic acids is 2. The molecule has 0 unspecified atom stereocenters. The minimum Gasteiger partial charge on any atom is -0.497 e. The van der Waals surface area contributed by atoms with E-state index in [0.29, 0.717) is 17.2 Å². The van der Waals surface area contributed by atoms with Gasteiger partial charge < -0.3 is 20.1 Å². The molecule has 27 heavy (non-hydrogen) atoms. The summed E-state index contributed by atoms with van der Waals surface area (Å²) in [6, 6.07) is 13.9. The Kier molecular flexibility index (Phi) is 7.23. The van der Waals surface area contributed by atoms with Gasteiger partial charge in [0.25, 0.3) is 0 Å². The molecule has 144 valence electrons. The van der Waals surface area contributed by atoms with Crippen LogP contribution in [0.2, 0.25) is 0 Å². The van der Waals surface area contributed by atoms with E-state index in [2.05, 4.69) is 10.6 Å². The SMILES string of the molecule is COc1cc(NC(=O)[C@@H](NC(=O)Cc2ccccc2)C(C)C)cc(OC)c1. The van der Waals surface area contributed by atoms with E-state index in [1.54, 1.807) is 32.4 Å². The number of methoxy groups -OCH3 is 2. The Morgan fingerprint density at radius 3 is 2.07 bits per heavy atom. The fourth-order valence-corrected chi connectivity index (χ4v) is 2.64. The van der Waals surface area contributed by atoms with Crippen molar-refractivity contribution >= 4 is 17.5 Å². The summed E-state index contributed by atoms with van der Waals surface area (Å²) in [5, 5.41) is 5.66. The molecule has 0 saturated heterocycles. The molecule has 6 nitrogen and oxygen atoms in total. The van der Waals surface area contributed by atoms with Crippen LogP contribution in [0.3, 0.4) is 0 Å². The van der Waals surface area contributed by atoms with E-state index in [9.17, 15) is 9.59 Å². The zero-order valence-electron chi connectivity index (χ0n) is 16.1. The zero-order valence-corrected chi connectivity index (χ0v) is 16.1. The Bertz CT molecular complexity index is 753. The van der Waals surface area contributed by atoms with Gasteiger partial charge in [-0.05, 0) is 11.5 Å². The summed E-state index contributed by atoms with van der Waals surface area (Å²) in [5.74, 6) is 0.579. The zero-order chi connectivity index (χ0) is 19.8. The highest BCUT2D eigenvalue weighted by atomic mass is 16.5. The molecule has 0 heterocycles. The average molecular weight is 370 g/mol. The number of carbonyl (C=O) groups is 2. The van der Waals surface area contributed by atoms with Gasteiger partial charge in [-0.3, -0.25) is 9.59 Å². The standard InChI is InChI=1S/C21H26N2O4/c1-14(2)20(23-19(24)10-15-8-6-5-7-9-15)21(25)22-16-11-17(26-3)13-18(12-16)27-4/h5-9,11-14,20H,10H2,1-4H3,(H,22,25)(H,23,24)/t20-/m0/s1. The summed E-state index contributed by atoms with van der Waals surface area (Å²) in [6.45, 7) is 3.78. The first-order valence-corrected chi connectivity index (χ1v) is 8.80. The third-order valence-corrected chi connectivity index (χ3v) is 4.09. The van der Waals surface area contributed by atoms with Gasteiger partial charge in [-0.25, -0.2) is 0 Å². The van der Waals surface area contributed by atoms with E-state index in [0.717, 1.165) is 5.56 Å². The predicted molar refractivity (Wildman–Crippen MR) is 105 cm³/mol. The van der Waals surface area contributed by atoms with Gasteiger partial charge in [0.05, 0.1) is 20.6 Å². The van der Waals surface area contributed by atoms with Gasteiger partial charge in [0, 0.05) is 23.9 Å². The maximum absolute atomic E-state index is 12.7. The number of anilines is 1. The second kappa shape index (κ2) is 9.62. The lowest BCUT2D eigenvalue weighted by molar-refractivity contribution is -0.127. The van der Waals surface area contributed by atoms with Crippen LogP contribution in [0, 0.1) is 5.92 Å². The van der Waals surface area contributed by atoms with Crippen molar-refractivity contribution in [3.05, 3.63) is 54.1 Å². The molecule has 2 N–H and O–H groups in total. The van der Waals surface area contributed by atoms with Crippen molar-refractivity contribution in [1.29, 1.82) is 0 Å². The van der Waals surface area contributed by atoms with Crippen LogP contribution >= 0.6 is 0 Å². The lowest BCUT2D eigenvalue weighted by Gasteiger charge is -2.22. The maximum atomic E-state index is 12.7. The van der Waals surface area contributed by atoms with Crippen molar-refractivity contribution < 1.29 is 19.1 Å². The third kappa shape index (κ3) is 6.02. The van der Waals surface area contributed by atoms with Crippen LogP contribution in [0.15, 0.2) is 48.5 Å². The number of amides is 2. The molecular formula is C21H26N2O4. The molecule has 0 bridgehead atoms. The van der Waals surface area contributed by atoms with Gasteiger partial charge in [-0.15, -0.1) is 0 Å². The molecule has 0 spiro atoms. The molecule has 0 radical (unpaired) electrons. The highest BCUT2D eigenvalue weighted by molar-refractivity contribution is 5.97. The van der Waals surface area contributed by atoms with E-state index in [-0.39, 0.29) is 24.2 Å². The Morgan fingerprint density at radius 2 is 1.56 bits per heavy atom. The quantitative estimate of drug-likeness (QED) is 0.749. The summed E-state index contributed by atoms with van der Waals surface area (Å²) in [5.41, 5.74) is 1.44.